The molecule has 0 spiro atoms. The summed E-state index contributed by atoms with van der Waals surface area (Å²) < 4.78 is 0.914. The normalized spacial score (nSPS) is 9.75. The lowest BCUT2D eigenvalue weighted by Crippen LogP contribution is -1.94. The zero-order chi connectivity index (χ0) is 8.97. The van der Waals surface area contributed by atoms with Crippen molar-refractivity contribution in [1.29, 1.82) is 0 Å². The van der Waals surface area contributed by atoms with Crippen LogP contribution in [0.2, 0.25) is 0 Å². The Labute approximate surface area is 83.6 Å². The smallest absolute Gasteiger partial charge is 0.156 e. The van der Waals surface area contributed by atoms with E-state index in [1.165, 1.54) is 11.8 Å². The van der Waals surface area contributed by atoms with Crippen molar-refractivity contribution in [3.05, 3.63) is 23.5 Å². The molecule has 3 nitrogen and oxygen atoms in total. The summed E-state index contributed by atoms with van der Waals surface area (Å²) in [5.74, 6) is 1.22. The SMILES string of the molecule is C=C(Br)CSc1nccnc1N. The van der Waals surface area contributed by atoms with Crippen molar-refractivity contribution >= 4 is 33.5 Å². The maximum absolute atomic E-state index is 5.57. The maximum atomic E-state index is 5.57. The number of aromatic nitrogens is 2. The number of rotatable bonds is 3. The molecular weight excluding hydrogens is 238 g/mol. The fourth-order valence-electron chi connectivity index (χ4n) is 0.594. The van der Waals surface area contributed by atoms with Crippen molar-refractivity contribution in [1.82, 2.24) is 9.97 Å². The van der Waals surface area contributed by atoms with Crippen molar-refractivity contribution in [2.24, 2.45) is 0 Å². The van der Waals surface area contributed by atoms with Crippen molar-refractivity contribution in [2.75, 3.05) is 11.5 Å². The molecule has 0 atom stereocenters. The highest BCUT2D eigenvalue weighted by Crippen LogP contribution is 2.22. The molecule has 0 saturated heterocycles. The van der Waals surface area contributed by atoms with Gasteiger partial charge in [0.1, 0.15) is 5.03 Å². The highest BCUT2D eigenvalue weighted by Gasteiger charge is 2.00. The van der Waals surface area contributed by atoms with E-state index >= 15 is 0 Å². The van der Waals surface area contributed by atoms with Crippen LogP contribution in [0.1, 0.15) is 0 Å². The van der Waals surface area contributed by atoms with E-state index in [0.29, 0.717) is 5.82 Å². The molecule has 2 N–H and O–H groups in total. The van der Waals surface area contributed by atoms with Gasteiger partial charge in [-0.15, -0.1) is 0 Å². The Balaban J connectivity index is 2.63. The minimum atomic E-state index is 0.469. The van der Waals surface area contributed by atoms with E-state index in [-0.39, 0.29) is 0 Å². The molecule has 0 aliphatic rings. The summed E-state index contributed by atoms with van der Waals surface area (Å²) in [6, 6.07) is 0. The molecule has 0 fully saturated rings. The van der Waals surface area contributed by atoms with Gasteiger partial charge >= 0.3 is 0 Å². The Morgan fingerprint density at radius 1 is 1.58 bits per heavy atom. The van der Waals surface area contributed by atoms with Crippen LogP contribution in [0.4, 0.5) is 5.82 Å². The largest absolute Gasteiger partial charge is 0.381 e. The van der Waals surface area contributed by atoms with Gasteiger partial charge in [-0.05, 0) is 4.48 Å². The third kappa shape index (κ3) is 2.83. The Kier molecular flexibility index (Phi) is 3.55. The second-order valence-corrected chi connectivity index (χ2v) is 4.14. The van der Waals surface area contributed by atoms with Crippen molar-refractivity contribution < 1.29 is 0 Å². The summed E-state index contributed by atoms with van der Waals surface area (Å²) in [7, 11) is 0. The second kappa shape index (κ2) is 4.47. The average molecular weight is 246 g/mol. The molecule has 5 heteroatoms. The molecule has 0 aliphatic heterocycles. The van der Waals surface area contributed by atoms with Crippen molar-refractivity contribution in [2.45, 2.75) is 5.03 Å². The van der Waals surface area contributed by atoms with E-state index in [1.807, 2.05) is 0 Å². The van der Waals surface area contributed by atoms with E-state index in [9.17, 15) is 0 Å². The molecule has 0 saturated carbocycles. The lowest BCUT2D eigenvalue weighted by atomic mass is 10.7. The molecule has 0 radical (unpaired) electrons. The number of nitrogens with two attached hydrogens (primary N) is 1. The van der Waals surface area contributed by atoms with Crippen LogP contribution in [0.15, 0.2) is 28.5 Å². The van der Waals surface area contributed by atoms with Gasteiger partial charge in [0, 0.05) is 18.1 Å². The van der Waals surface area contributed by atoms with Gasteiger partial charge in [-0.3, -0.25) is 0 Å². The number of hydrogen-bond acceptors (Lipinski definition) is 4. The van der Waals surface area contributed by atoms with E-state index in [1.54, 1.807) is 12.4 Å². The quantitative estimate of drug-likeness (QED) is 0.829. The Bertz CT molecular complexity index is 290. The molecule has 1 heterocycles. The predicted octanol–water partition coefficient (Wildman–Crippen LogP) is 2.06. The van der Waals surface area contributed by atoms with Crippen LogP contribution in [0.3, 0.4) is 0 Å². The fourth-order valence-corrected chi connectivity index (χ4v) is 1.57. The zero-order valence-corrected chi connectivity index (χ0v) is 8.73. The summed E-state index contributed by atoms with van der Waals surface area (Å²) in [5.41, 5.74) is 5.57. The van der Waals surface area contributed by atoms with Gasteiger partial charge in [0.15, 0.2) is 5.82 Å². The van der Waals surface area contributed by atoms with Crippen LogP contribution in [0.25, 0.3) is 0 Å². The minimum Gasteiger partial charge on any atom is -0.381 e. The molecule has 0 bridgehead atoms. The average Bonchev–Trinajstić information content (AvgIpc) is 2.03. The van der Waals surface area contributed by atoms with E-state index in [2.05, 4.69) is 32.5 Å². The van der Waals surface area contributed by atoms with Crippen LogP contribution in [-0.2, 0) is 0 Å². The topological polar surface area (TPSA) is 51.8 Å². The fraction of sp³-hybridized carbons (Fsp3) is 0.143. The first-order chi connectivity index (χ1) is 5.70. The zero-order valence-electron chi connectivity index (χ0n) is 6.33. The van der Waals surface area contributed by atoms with Gasteiger partial charge < -0.3 is 5.73 Å². The molecule has 0 unspecified atom stereocenters. The van der Waals surface area contributed by atoms with Crippen LogP contribution in [-0.4, -0.2) is 15.7 Å². The van der Waals surface area contributed by atoms with E-state index in [0.717, 1.165) is 15.3 Å². The first-order valence-electron chi connectivity index (χ1n) is 3.22. The number of nitrogens with zero attached hydrogens (tertiary/aromatic N) is 2. The summed E-state index contributed by atoms with van der Waals surface area (Å²) in [6.45, 7) is 3.71. The standard InChI is InChI=1S/C7H8BrN3S/c1-5(8)4-12-7-6(9)10-2-3-11-7/h2-3H,1,4H2,(H2,9,10). The number of nitrogen functional groups attached to an aromatic ring is 1. The highest BCUT2D eigenvalue weighted by molar-refractivity contribution is 9.11. The van der Waals surface area contributed by atoms with Crippen LogP contribution in [0, 0.1) is 0 Å². The summed E-state index contributed by atoms with van der Waals surface area (Å²) in [6.07, 6.45) is 3.19. The highest BCUT2D eigenvalue weighted by atomic mass is 79.9. The van der Waals surface area contributed by atoms with Crippen molar-refractivity contribution in [3.63, 3.8) is 0 Å². The monoisotopic (exact) mass is 245 g/mol. The first-order valence-corrected chi connectivity index (χ1v) is 5.00. The van der Waals surface area contributed by atoms with Crippen LogP contribution < -0.4 is 5.73 Å². The van der Waals surface area contributed by atoms with Gasteiger partial charge in [-0.2, -0.15) is 0 Å². The lowest BCUT2D eigenvalue weighted by Gasteiger charge is -2.00. The Morgan fingerprint density at radius 2 is 2.25 bits per heavy atom. The molecule has 12 heavy (non-hydrogen) atoms. The van der Waals surface area contributed by atoms with Gasteiger partial charge in [0.05, 0.1) is 0 Å². The molecule has 0 amide bonds. The predicted molar refractivity (Wildman–Crippen MR) is 55.2 cm³/mol. The number of thioether (sulfide) groups is 1. The first kappa shape index (κ1) is 9.54. The van der Waals surface area contributed by atoms with E-state index in [4.69, 9.17) is 5.73 Å². The molecule has 0 aromatic carbocycles. The van der Waals surface area contributed by atoms with Gasteiger partial charge in [0.25, 0.3) is 0 Å². The van der Waals surface area contributed by atoms with Gasteiger partial charge in [-0.25, -0.2) is 9.97 Å². The van der Waals surface area contributed by atoms with Crippen LogP contribution in [0.5, 0.6) is 0 Å². The number of anilines is 1. The summed E-state index contributed by atoms with van der Waals surface area (Å²) in [5, 5.41) is 0.748. The third-order valence-electron chi connectivity index (χ3n) is 1.06. The summed E-state index contributed by atoms with van der Waals surface area (Å²) in [4.78, 5) is 7.97. The number of hydrogen-bond donors (Lipinski definition) is 1. The lowest BCUT2D eigenvalue weighted by molar-refractivity contribution is 1.07. The molecule has 1 aromatic rings. The minimum absolute atomic E-state index is 0.469. The number of halogens is 1. The molecule has 1 rings (SSSR count). The Morgan fingerprint density at radius 3 is 2.83 bits per heavy atom. The molecular formula is C7H8BrN3S. The van der Waals surface area contributed by atoms with E-state index < -0.39 is 0 Å². The molecule has 0 aliphatic carbocycles. The van der Waals surface area contributed by atoms with Gasteiger partial charge in [-0.1, -0.05) is 34.3 Å². The third-order valence-corrected chi connectivity index (χ3v) is 2.79. The van der Waals surface area contributed by atoms with Gasteiger partial charge in [0.2, 0.25) is 0 Å². The summed E-state index contributed by atoms with van der Waals surface area (Å²) >= 11 is 4.76. The van der Waals surface area contributed by atoms with Crippen LogP contribution >= 0.6 is 27.7 Å². The Hall–Kier alpha value is -0.550. The molecule has 64 valence electrons. The van der Waals surface area contributed by atoms with Crippen molar-refractivity contribution in [3.8, 4) is 0 Å². The second-order valence-electron chi connectivity index (χ2n) is 2.05. The maximum Gasteiger partial charge on any atom is 0.156 e. The molecule has 1 aromatic heterocycles.